The van der Waals surface area contributed by atoms with Crippen LogP contribution in [0, 0.1) is 5.82 Å². The van der Waals surface area contributed by atoms with E-state index in [4.69, 9.17) is 5.73 Å². The second kappa shape index (κ2) is 5.80. The van der Waals surface area contributed by atoms with Gasteiger partial charge in [0.1, 0.15) is 5.82 Å². The van der Waals surface area contributed by atoms with Gasteiger partial charge in [0.2, 0.25) is 0 Å². The van der Waals surface area contributed by atoms with E-state index in [0.717, 1.165) is 11.1 Å². The number of hydrogen-bond donors (Lipinski definition) is 1. The van der Waals surface area contributed by atoms with Gasteiger partial charge in [-0.15, -0.1) is 0 Å². The lowest BCUT2D eigenvalue weighted by Gasteiger charge is -2.24. The number of rotatable bonds is 4. The van der Waals surface area contributed by atoms with Crippen molar-refractivity contribution < 1.29 is 4.39 Å². The Morgan fingerprint density at radius 3 is 2.58 bits per heavy atom. The molecule has 0 aliphatic heterocycles. The fourth-order valence-corrected chi connectivity index (χ4v) is 2.14. The summed E-state index contributed by atoms with van der Waals surface area (Å²) < 4.78 is 14.1. The van der Waals surface area contributed by atoms with Crippen molar-refractivity contribution in [3.63, 3.8) is 0 Å². The molecule has 0 spiro atoms. The molecule has 0 aliphatic carbocycles. The summed E-state index contributed by atoms with van der Waals surface area (Å²) in [5.41, 5.74) is 8.37. The molecule has 2 aromatic rings. The van der Waals surface area contributed by atoms with Crippen LogP contribution in [0.25, 0.3) is 0 Å². The van der Waals surface area contributed by atoms with Gasteiger partial charge in [-0.2, -0.15) is 0 Å². The topological polar surface area (TPSA) is 42.1 Å². The predicted octanol–water partition coefficient (Wildman–Crippen LogP) is 2.88. The molecule has 1 aromatic heterocycles. The Hall–Kier alpha value is -1.94. The van der Waals surface area contributed by atoms with Gasteiger partial charge in [0.15, 0.2) is 0 Å². The summed E-state index contributed by atoms with van der Waals surface area (Å²) in [4.78, 5) is 5.85. The Morgan fingerprint density at radius 1 is 1.26 bits per heavy atom. The molecule has 19 heavy (non-hydrogen) atoms. The zero-order valence-electron chi connectivity index (χ0n) is 11.2. The van der Waals surface area contributed by atoms with Crippen LogP contribution in [-0.2, 0) is 6.54 Å². The fraction of sp³-hybridized carbons (Fsp3) is 0.267. The van der Waals surface area contributed by atoms with Crippen LogP contribution in [0.5, 0.6) is 0 Å². The van der Waals surface area contributed by atoms with Crippen molar-refractivity contribution in [2.45, 2.75) is 19.5 Å². The zero-order chi connectivity index (χ0) is 13.8. The third-order valence-electron chi connectivity index (χ3n) is 3.06. The summed E-state index contributed by atoms with van der Waals surface area (Å²) in [7, 11) is 1.87. The quantitative estimate of drug-likeness (QED) is 0.918. The van der Waals surface area contributed by atoms with Crippen LogP contribution in [0.1, 0.15) is 24.1 Å². The van der Waals surface area contributed by atoms with Gasteiger partial charge in [0.05, 0.1) is 5.69 Å². The Labute approximate surface area is 112 Å². The molecule has 1 atom stereocenters. The molecule has 0 fully saturated rings. The third kappa shape index (κ3) is 3.09. The molecule has 0 aliphatic rings. The van der Waals surface area contributed by atoms with Gasteiger partial charge in [-0.3, -0.25) is 4.98 Å². The summed E-state index contributed by atoms with van der Waals surface area (Å²) in [6, 6.07) is 8.66. The Bertz CT molecular complexity index is 540. The van der Waals surface area contributed by atoms with Gasteiger partial charge in [0.25, 0.3) is 0 Å². The van der Waals surface area contributed by atoms with Gasteiger partial charge in [-0.05, 0) is 36.2 Å². The van der Waals surface area contributed by atoms with E-state index in [1.54, 1.807) is 18.5 Å². The van der Waals surface area contributed by atoms with E-state index < -0.39 is 0 Å². The van der Waals surface area contributed by atoms with Gasteiger partial charge >= 0.3 is 0 Å². The molecular formula is C15H18FN3. The van der Waals surface area contributed by atoms with E-state index >= 15 is 0 Å². The van der Waals surface area contributed by atoms with Crippen LogP contribution in [0.2, 0.25) is 0 Å². The van der Waals surface area contributed by atoms with Gasteiger partial charge in [0, 0.05) is 32.0 Å². The highest BCUT2D eigenvalue weighted by Gasteiger charge is 2.15. The SMILES string of the molecule is C[C@@H](N)c1cccc(F)c1N(C)Cc1ccncc1. The highest BCUT2D eigenvalue weighted by atomic mass is 19.1. The molecule has 0 saturated heterocycles. The zero-order valence-corrected chi connectivity index (χ0v) is 11.2. The van der Waals surface area contributed by atoms with Crippen molar-refractivity contribution >= 4 is 5.69 Å². The molecule has 0 radical (unpaired) electrons. The number of para-hydroxylation sites is 1. The smallest absolute Gasteiger partial charge is 0.146 e. The van der Waals surface area contributed by atoms with Gasteiger partial charge in [-0.1, -0.05) is 12.1 Å². The van der Waals surface area contributed by atoms with Crippen molar-refractivity contribution in [3.05, 3.63) is 59.7 Å². The summed E-state index contributed by atoms with van der Waals surface area (Å²) in [6.45, 7) is 2.47. The summed E-state index contributed by atoms with van der Waals surface area (Å²) in [5, 5.41) is 0. The van der Waals surface area contributed by atoms with Crippen molar-refractivity contribution in [3.8, 4) is 0 Å². The average molecular weight is 259 g/mol. The lowest BCUT2D eigenvalue weighted by molar-refractivity contribution is 0.616. The molecule has 2 rings (SSSR count). The highest BCUT2D eigenvalue weighted by Crippen LogP contribution is 2.28. The van der Waals surface area contributed by atoms with Crippen molar-refractivity contribution in [1.82, 2.24) is 4.98 Å². The second-order valence-electron chi connectivity index (χ2n) is 4.68. The van der Waals surface area contributed by atoms with Crippen LogP contribution in [-0.4, -0.2) is 12.0 Å². The number of halogens is 1. The molecule has 0 amide bonds. The molecular weight excluding hydrogens is 241 g/mol. The summed E-state index contributed by atoms with van der Waals surface area (Å²) in [6.07, 6.45) is 3.47. The second-order valence-corrected chi connectivity index (χ2v) is 4.68. The minimum absolute atomic E-state index is 0.203. The number of hydrogen-bond acceptors (Lipinski definition) is 3. The Morgan fingerprint density at radius 2 is 1.95 bits per heavy atom. The van der Waals surface area contributed by atoms with Crippen molar-refractivity contribution in [2.75, 3.05) is 11.9 Å². The number of aromatic nitrogens is 1. The van der Waals surface area contributed by atoms with Gasteiger partial charge in [-0.25, -0.2) is 4.39 Å². The number of pyridine rings is 1. The van der Waals surface area contributed by atoms with E-state index in [0.29, 0.717) is 12.2 Å². The van der Waals surface area contributed by atoms with E-state index in [2.05, 4.69) is 4.98 Å². The maximum absolute atomic E-state index is 14.1. The summed E-state index contributed by atoms with van der Waals surface area (Å²) >= 11 is 0. The first-order valence-electron chi connectivity index (χ1n) is 6.23. The van der Waals surface area contributed by atoms with E-state index in [9.17, 15) is 4.39 Å². The molecule has 0 bridgehead atoms. The average Bonchev–Trinajstić information content (AvgIpc) is 2.39. The molecule has 3 nitrogen and oxygen atoms in total. The molecule has 1 aromatic carbocycles. The number of anilines is 1. The highest BCUT2D eigenvalue weighted by molar-refractivity contribution is 5.55. The van der Waals surface area contributed by atoms with Crippen LogP contribution in [0.15, 0.2) is 42.7 Å². The maximum atomic E-state index is 14.1. The molecule has 4 heteroatoms. The monoisotopic (exact) mass is 259 g/mol. The van der Waals surface area contributed by atoms with E-state index in [-0.39, 0.29) is 11.9 Å². The molecule has 100 valence electrons. The minimum Gasteiger partial charge on any atom is -0.368 e. The van der Waals surface area contributed by atoms with Gasteiger partial charge < -0.3 is 10.6 Å². The minimum atomic E-state index is -0.244. The molecule has 2 N–H and O–H groups in total. The fourth-order valence-electron chi connectivity index (χ4n) is 2.14. The maximum Gasteiger partial charge on any atom is 0.146 e. The van der Waals surface area contributed by atoms with Crippen molar-refractivity contribution in [1.29, 1.82) is 0 Å². The normalized spacial score (nSPS) is 12.2. The van der Waals surface area contributed by atoms with Crippen LogP contribution >= 0.6 is 0 Å². The van der Waals surface area contributed by atoms with Crippen LogP contribution in [0.3, 0.4) is 0 Å². The predicted molar refractivity (Wildman–Crippen MR) is 75.3 cm³/mol. The molecule has 0 saturated carbocycles. The summed E-state index contributed by atoms with van der Waals surface area (Å²) in [5.74, 6) is -0.244. The largest absolute Gasteiger partial charge is 0.368 e. The Kier molecular flexibility index (Phi) is 4.12. The lowest BCUT2D eigenvalue weighted by atomic mass is 10.1. The number of benzene rings is 1. The Balaban J connectivity index is 2.31. The first kappa shape index (κ1) is 13.5. The van der Waals surface area contributed by atoms with Crippen molar-refractivity contribution in [2.24, 2.45) is 5.73 Å². The molecule has 0 unspecified atom stereocenters. The standard InChI is InChI=1S/C15H18FN3/c1-11(17)13-4-3-5-14(16)15(13)19(2)10-12-6-8-18-9-7-12/h3-9,11H,10,17H2,1-2H3/t11-/m1/s1. The van der Waals surface area contributed by atoms with Crippen LogP contribution in [0.4, 0.5) is 10.1 Å². The van der Waals surface area contributed by atoms with E-state index in [1.807, 2.05) is 37.1 Å². The first-order chi connectivity index (χ1) is 9.09. The number of nitrogens with zero attached hydrogens (tertiary/aromatic N) is 2. The van der Waals surface area contributed by atoms with Crippen LogP contribution < -0.4 is 10.6 Å². The third-order valence-corrected chi connectivity index (χ3v) is 3.06. The lowest BCUT2D eigenvalue weighted by Crippen LogP contribution is -2.21. The first-order valence-corrected chi connectivity index (χ1v) is 6.23. The van der Waals surface area contributed by atoms with E-state index in [1.165, 1.54) is 6.07 Å². The number of nitrogens with two attached hydrogens (primary N) is 1. The molecule has 1 heterocycles.